The van der Waals surface area contributed by atoms with Crippen molar-refractivity contribution in [2.75, 3.05) is 23.0 Å². The Labute approximate surface area is 158 Å². The van der Waals surface area contributed by atoms with Crippen molar-refractivity contribution in [3.05, 3.63) is 54.1 Å². The first-order valence-electron chi connectivity index (χ1n) is 7.97. The zero-order valence-electron chi connectivity index (χ0n) is 15.2. The van der Waals surface area contributed by atoms with Crippen LogP contribution in [0.2, 0.25) is 0 Å². The molecule has 0 aliphatic carbocycles. The molecular weight excluding hydrogens is 370 g/mol. The van der Waals surface area contributed by atoms with Crippen LogP contribution in [0.3, 0.4) is 0 Å². The summed E-state index contributed by atoms with van der Waals surface area (Å²) in [7, 11) is -2.22. The van der Waals surface area contributed by atoms with Gasteiger partial charge in [-0.15, -0.1) is 0 Å². The molecule has 0 saturated carbocycles. The van der Waals surface area contributed by atoms with Gasteiger partial charge in [0.25, 0.3) is 0 Å². The van der Waals surface area contributed by atoms with Gasteiger partial charge in [-0.05, 0) is 55.5 Å². The van der Waals surface area contributed by atoms with E-state index in [0.29, 0.717) is 22.7 Å². The molecule has 2 aromatic carbocycles. The average Bonchev–Trinajstić information content (AvgIpc) is 2.61. The number of carbonyl (C=O) groups is 2. The number of nitrogens with one attached hydrogen (secondary N) is 1. The zero-order chi connectivity index (χ0) is 20.2. The molecule has 144 valence electrons. The number of anilines is 2. The maximum Gasteiger partial charge on any atom is 0.248 e. The van der Waals surface area contributed by atoms with Gasteiger partial charge in [0.15, 0.2) is 0 Å². The van der Waals surface area contributed by atoms with Crippen LogP contribution < -0.4 is 20.1 Å². The highest BCUT2D eigenvalue weighted by Crippen LogP contribution is 2.24. The Morgan fingerprint density at radius 1 is 1.07 bits per heavy atom. The summed E-state index contributed by atoms with van der Waals surface area (Å²) in [6.07, 6.45) is 1.03. The molecule has 2 aromatic rings. The number of carbonyl (C=O) groups excluding carboxylic acids is 2. The van der Waals surface area contributed by atoms with Crippen molar-refractivity contribution in [1.82, 2.24) is 0 Å². The monoisotopic (exact) mass is 391 g/mol. The molecule has 8 nitrogen and oxygen atoms in total. The van der Waals surface area contributed by atoms with Crippen molar-refractivity contribution in [2.24, 2.45) is 5.73 Å². The number of ether oxygens (including phenoxy) is 1. The van der Waals surface area contributed by atoms with E-state index in [1.165, 1.54) is 38.3 Å². The van der Waals surface area contributed by atoms with Crippen LogP contribution in [-0.4, -0.2) is 39.6 Å². The fraction of sp³-hybridized carbons (Fsp3) is 0.222. The van der Waals surface area contributed by atoms with E-state index in [2.05, 4.69) is 5.32 Å². The Morgan fingerprint density at radius 3 is 2.07 bits per heavy atom. The van der Waals surface area contributed by atoms with Crippen LogP contribution in [0, 0.1) is 0 Å². The molecule has 0 bridgehead atoms. The first-order valence-corrected chi connectivity index (χ1v) is 9.82. The fourth-order valence-electron chi connectivity index (χ4n) is 2.50. The highest BCUT2D eigenvalue weighted by atomic mass is 32.2. The first-order chi connectivity index (χ1) is 12.6. The molecule has 27 heavy (non-hydrogen) atoms. The molecule has 0 radical (unpaired) electrons. The van der Waals surface area contributed by atoms with Gasteiger partial charge in [0.2, 0.25) is 21.8 Å². The molecule has 1 atom stereocenters. The smallest absolute Gasteiger partial charge is 0.248 e. The average molecular weight is 391 g/mol. The van der Waals surface area contributed by atoms with E-state index >= 15 is 0 Å². The Balaban J connectivity index is 2.24. The van der Waals surface area contributed by atoms with Crippen LogP contribution in [-0.2, 0) is 14.8 Å². The number of amides is 2. The first kappa shape index (κ1) is 20.2. The number of rotatable bonds is 7. The lowest BCUT2D eigenvalue weighted by atomic mass is 10.2. The number of nitrogens with two attached hydrogens (primary N) is 1. The molecule has 2 amide bonds. The van der Waals surface area contributed by atoms with E-state index in [0.717, 1.165) is 10.6 Å². The van der Waals surface area contributed by atoms with Gasteiger partial charge in [-0.3, -0.25) is 13.9 Å². The third kappa shape index (κ3) is 4.98. The molecule has 9 heteroatoms. The number of hydrogen-bond donors (Lipinski definition) is 2. The molecule has 0 fully saturated rings. The van der Waals surface area contributed by atoms with Gasteiger partial charge >= 0.3 is 0 Å². The second-order valence-corrected chi connectivity index (χ2v) is 7.72. The molecule has 0 unspecified atom stereocenters. The standard InChI is InChI=1S/C18H21N3O5S/c1-12(18(23)20-14-6-4-13(5-7-14)17(19)22)21(27(3,24)25)15-8-10-16(26-2)11-9-15/h4-12H,1-3H3,(H2,19,22)(H,20,23)/t12-/m0/s1. The largest absolute Gasteiger partial charge is 0.497 e. The summed E-state index contributed by atoms with van der Waals surface area (Å²) in [5.74, 6) is -0.536. The van der Waals surface area contributed by atoms with E-state index in [9.17, 15) is 18.0 Å². The summed E-state index contributed by atoms with van der Waals surface area (Å²) in [6, 6.07) is 11.3. The van der Waals surface area contributed by atoms with E-state index in [-0.39, 0.29) is 0 Å². The summed E-state index contributed by atoms with van der Waals surface area (Å²) >= 11 is 0. The van der Waals surface area contributed by atoms with Crippen LogP contribution in [0.4, 0.5) is 11.4 Å². The van der Waals surface area contributed by atoms with E-state index in [1.54, 1.807) is 24.3 Å². The normalized spacial score (nSPS) is 12.1. The third-order valence-electron chi connectivity index (χ3n) is 3.85. The SMILES string of the molecule is COc1ccc(N([C@@H](C)C(=O)Nc2ccc(C(N)=O)cc2)S(C)(=O)=O)cc1. The van der Waals surface area contributed by atoms with E-state index < -0.39 is 27.9 Å². The van der Waals surface area contributed by atoms with Crippen molar-refractivity contribution in [2.45, 2.75) is 13.0 Å². The van der Waals surface area contributed by atoms with Crippen LogP contribution in [0.5, 0.6) is 5.75 Å². The molecule has 0 aromatic heterocycles. The molecule has 2 rings (SSSR count). The number of primary amides is 1. The second kappa shape index (κ2) is 8.09. The van der Waals surface area contributed by atoms with Crippen molar-refractivity contribution in [3.63, 3.8) is 0 Å². The minimum atomic E-state index is -3.72. The summed E-state index contributed by atoms with van der Waals surface area (Å²) < 4.78 is 30.6. The molecule has 0 aliphatic heterocycles. The van der Waals surface area contributed by atoms with Gasteiger partial charge in [-0.2, -0.15) is 0 Å². The van der Waals surface area contributed by atoms with Crippen LogP contribution in [0.1, 0.15) is 17.3 Å². The number of methoxy groups -OCH3 is 1. The van der Waals surface area contributed by atoms with Crippen LogP contribution in [0.15, 0.2) is 48.5 Å². The zero-order valence-corrected chi connectivity index (χ0v) is 16.0. The summed E-state index contributed by atoms with van der Waals surface area (Å²) in [5.41, 5.74) is 6.23. The second-order valence-electron chi connectivity index (χ2n) is 5.86. The maximum atomic E-state index is 12.6. The van der Waals surface area contributed by atoms with Crippen molar-refractivity contribution in [1.29, 1.82) is 0 Å². The topological polar surface area (TPSA) is 119 Å². The predicted molar refractivity (Wildman–Crippen MR) is 103 cm³/mol. The number of benzene rings is 2. The third-order valence-corrected chi connectivity index (χ3v) is 5.09. The van der Waals surface area contributed by atoms with E-state index in [4.69, 9.17) is 10.5 Å². The number of hydrogen-bond acceptors (Lipinski definition) is 5. The minimum Gasteiger partial charge on any atom is -0.497 e. The van der Waals surface area contributed by atoms with E-state index in [1.807, 2.05) is 0 Å². The Bertz CT molecular complexity index is 924. The lowest BCUT2D eigenvalue weighted by Crippen LogP contribution is -2.45. The predicted octanol–water partition coefficient (Wildman–Crippen LogP) is 1.59. The highest BCUT2D eigenvalue weighted by molar-refractivity contribution is 7.92. The van der Waals surface area contributed by atoms with Crippen molar-refractivity contribution in [3.8, 4) is 5.75 Å². The molecule has 3 N–H and O–H groups in total. The lowest BCUT2D eigenvalue weighted by Gasteiger charge is -2.28. The molecule has 0 spiro atoms. The van der Waals surface area contributed by atoms with Crippen molar-refractivity contribution < 1.29 is 22.7 Å². The Morgan fingerprint density at radius 2 is 1.63 bits per heavy atom. The fourth-order valence-corrected chi connectivity index (χ4v) is 3.68. The van der Waals surface area contributed by atoms with Crippen LogP contribution in [0.25, 0.3) is 0 Å². The summed E-state index contributed by atoms with van der Waals surface area (Å²) in [6.45, 7) is 1.48. The summed E-state index contributed by atoms with van der Waals surface area (Å²) in [4.78, 5) is 23.7. The molecule has 0 aliphatic rings. The van der Waals surface area contributed by atoms with Gasteiger partial charge in [0.05, 0.1) is 19.1 Å². The highest BCUT2D eigenvalue weighted by Gasteiger charge is 2.29. The number of sulfonamides is 1. The Kier molecular flexibility index (Phi) is 6.06. The maximum absolute atomic E-state index is 12.6. The molecular formula is C18H21N3O5S. The minimum absolute atomic E-state index is 0.303. The van der Waals surface area contributed by atoms with Gasteiger partial charge < -0.3 is 15.8 Å². The van der Waals surface area contributed by atoms with Crippen molar-refractivity contribution >= 4 is 33.2 Å². The quantitative estimate of drug-likeness (QED) is 0.743. The Hall–Kier alpha value is -3.07. The van der Waals surface area contributed by atoms with Gasteiger partial charge in [0.1, 0.15) is 11.8 Å². The lowest BCUT2D eigenvalue weighted by molar-refractivity contribution is -0.116. The molecule has 0 saturated heterocycles. The number of nitrogens with zero attached hydrogens (tertiary/aromatic N) is 1. The van der Waals surface area contributed by atoms with Gasteiger partial charge in [-0.25, -0.2) is 8.42 Å². The van der Waals surface area contributed by atoms with Crippen LogP contribution >= 0.6 is 0 Å². The molecule has 0 heterocycles. The van der Waals surface area contributed by atoms with Gasteiger partial charge in [0, 0.05) is 11.3 Å². The summed E-state index contributed by atoms with van der Waals surface area (Å²) in [5, 5.41) is 2.63. The van der Waals surface area contributed by atoms with Gasteiger partial charge in [-0.1, -0.05) is 0 Å².